The summed E-state index contributed by atoms with van der Waals surface area (Å²) in [5.74, 6) is 2.32. The molecule has 0 aromatic carbocycles. The third-order valence-electron chi connectivity index (χ3n) is 3.33. The summed E-state index contributed by atoms with van der Waals surface area (Å²) in [7, 11) is -2.67. The number of likely N-dealkylation sites (tertiary alicyclic amines) is 1. The van der Waals surface area contributed by atoms with E-state index in [0.29, 0.717) is 17.4 Å². The molecule has 0 saturated carbocycles. The van der Waals surface area contributed by atoms with E-state index < -0.39 is 9.84 Å². The topological polar surface area (TPSA) is 37.4 Å². The van der Waals surface area contributed by atoms with Crippen molar-refractivity contribution in [3.63, 3.8) is 0 Å². The van der Waals surface area contributed by atoms with Gasteiger partial charge < -0.3 is 4.90 Å². The molecule has 2 rings (SSSR count). The van der Waals surface area contributed by atoms with E-state index >= 15 is 0 Å². The van der Waals surface area contributed by atoms with Crippen LogP contribution < -0.4 is 0 Å². The molecule has 2 saturated heterocycles. The number of nitrogens with zero attached hydrogens (tertiary/aromatic N) is 1. The predicted octanol–water partition coefficient (Wildman–Crippen LogP) is 0.763. The number of sulfone groups is 1. The average Bonchev–Trinajstić information content (AvgIpc) is 2.06. The Balaban J connectivity index is 1.74. The zero-order valence-corrected chi connectivity index (χ0v) is 9.59. The quantitative estimate of drug-likeness (QED) is 0.685. The highest BCUT2D eigenvalue weighted by atomic mass is 32.2. The molecule has 0 spiro atoms. The van der Waals surface area contributed by atoms with E-state index in [-0.39, 0.29) is 0 Å². The minimum Gasteiger partial charge on any atom is -0.302 e. The van der Waals surface area contributed by atoms with Gasteiger partial charge >= 0.3 is 0 Å². The molecule has 14 heavy (non-hydrogen) atoms. The first-order valence-corrected chi connectivity index (χ1v) is 7.30. The minimum absolute atomic E-state index is 0.418. The number of rotatable bonds is 2. The Kier molecular flexibility index (Phi) is 2.84. The first-order valence-electron chi connectivity index (χ1n) is 5.48. The van der Waals surface area contributed by atoms with Crippen LogP contribution in [0.3, 0.4) is 0 Å². The minimum atomic E-state index is -2.67. The zero-order chi connectivity index (χ0) is 10.2. The normalized spacial score (nSPS) is 30.1. The Morgan fingerprint density at radius 3 is 2.29 bits per heavy atom. The van der Waals surface area contributed by atoms with E-state index in [1.54, 1.807) is 0 Å². The summed E-state index contributed by atoms with van der Waals surface area (Å²) in [6, 6.07) is 0. The van der Waals surface area contributed by atoms with Gasteiger partial charge in [0, 0.05) is 19.6 Å². The van der Waals surface area contributed by atoms with Crippen LogP contribution in [0.4, 0.5) is 0 Å². The van der Waals surface area contributed by atoms with E-state index in [0.717, 1.165) is 25.3 Å². The highest BCUT2D eigenvalue weighted by molar-refractivity contribution is 7.91. The van der Waals surface area contributed by atoms with Crippen molar-refractivity contribution in [1.29, 1.82) is 0 Å². The first kappa shape index (κ1) is 10.4. The lowest BCUT2D eigenvalue weighted by Crippen LogP contribution is -2.48. The van der Waals surface area contributed by atoms with Crippen LogP contribution in [0.25, 0.3) is 0 Å². The monoisotopic (exact) mass is 217 g/mol. The van der Waals surface area contributed by atoms with E-state index in [1.165, 1.54) is 13.1 Å². The largest absolute Gasteiger partial charge is 0.302 e. The molecule has 0 aliphatic carbocycles. The van der Waals surface area contributed by atoms with Crippen molar-refractivity contribution in [2.24, 2.45) is 11.8 Å². The van der Waals surface area contributed by atoms with Crippen LogP contribution in [0.15, 0.2) is 0 Å². The Morgan fingerprint density at radius 1 is 1.21 bits per heavy atom. The van der Waals surface area contributed by atoms with Gasteiger partial charge in [-0.2, -0.15) is 0 Å². The molecule has 4 heteroatoms. The van der Waals surface area contributed by atoms with Gasteiger partial charge in [-0.3, -0.25) is 0 Å². The van der Waals surface area contributed by atoms with Crippen LogP contribution >= 0.6 is 0 Å². The summed E-state index contributed by atoms with van der Waals surface area (Å²) in [4.78, 5) is 2.45. The van der Waals surface area contributed by atoms with Crippen LogP contribution in [-0.4, -0.2) is 44.5 Å². The molecule has 0 N–H and O–H groups in total. The fraction of sp³-hybridized carbons (Fsp3) is 1.00. The number of hydrogen-bond donors (Lipinski definition) is 0. The molecule has 0 radical (unpaired) electrons. The zero-order valence-electron chi connectivity index (χ0n) is 8.78. The molecule has 0 aromatic heterocycles. The van der Waals surface area contributed by atoms with Gasteiger partial charge in [-0.1, -0.05) is 6.92 Å². The van der Waals surface area contributed by atoms with E-state index in [1.807, 2.05) is 0 Å². The highest BCUT2D eigenvalue weighted by Gasteiger charge is 2.28. The smallest absolute Gasteiger partial charge is 0.150 e. The van der Waals surface area contributed by atoms with Gasteiger partial charge in [-0.25, -0.2) is 8.42 Å². The second kappa shape index (κ2) is 3.81. The predicted molar refractivity (Wildman–Crippen MR) is 57.0 cm³/mol. The SMILES string of the molecule is CC1CN(CC2CCS(=O)(=O)CC2)C1. The fourth-order valence-corrected chi connectivity index (χ4v) is 4.05. The maximum atomic E-state index is 11.2. The summed E-state index contributed by atoms with van der Waals surface area (Å²) < 4.78 is 22.4. The van der Waals surface area contributed by atoms with Crippen LogP contribution in [0, 0.1) is 11.8 Å². The van der Waals surface area contributed by atoms with Gasteiger partial charge in [0.05, 0.1) is 11.5 Å². The molecule has 2 heterocycles. The van der Waals surface area contributed by atoms with Crippen LogP contribution in [0.2, 0.25) is 0 Å². The second-order valence-corrected chi connectivity index (χ2v) is 7.22. The van der Waals surface area contributed by atoms with Crippen molar-refractivity contribution in [2.45, 2.75) is 19.8 Å². The summed E-state index contributed by atoms with van der Waals surface area (Å²) in [5.41, 5.74) is 0. The van der Waals surface area contributed by atoms with Crippen LogP contribution in [0.5, 0.6) is 0 Å². The Labute approximate surface area is 86.4 Å². The van der Waals surface area contributed by atoms with Crippen LogP contribution in [0.1, 0.15) is 19.8 Å². The van der Waals surface area contributed by atoms with Crippen LogP contribution in [-0.2, 0) is 9.84 Å². The van der Waals surface area contributed by atoms with Gasteiger partial charge in [-0.05, 0) is 24.7 Å². The Hall–Kier alpha value is -0.0900. The first-order chi connectivity index (χ1) is 6.55. The molecule has 0 unspecified atom stereocenters. The van der Waals surface area contributed by atoms with Gasteiger partial charge in [0.25, 0.3) is 0 Å². The van der Waals surface area contributed by atoms with Gasteiger partial charge in [-0.15, -0.1) is 0 Å². The molecular formula is C10H19NO2S. The highest BCUT2D eigenvalue weighted by Crippen LogP contribution is 2.23. The molecule has 0 amide bonds. The molecule has 2 fully saturated rings. The van der Waals surface area contributed by atoms with E-state index in [9.17, 15) is 8.42 Å². The average molecular weight is 217 g/mol. The van der Waals surface area contributed by atoms with Crippen molar-refractivity contribution in [3.05, 3.63) is 0 Å². The summed E-state index contributed by atoms with van der Waals surface area (Å²) >= 11 is 0. The van der Waals surface area contributed by atoms with E-state index in [4.69, 9.17) is 0 Å². The number of hydrogen-bond acceptors (Lipinski definition) is 3. The van der Waals surface area contributed by atoms with Crippen molar-refractivity contribution in [3.8, 4) is 0 Å². The van der Waals surface area contributed by atoms with Crippen molar-refractivity contribution >= 4 is 9.84 Å². The third-order valence-corrected chi connectivity index (χ3v) is 5.05. The van der Waals surface area contributed by atoms with E-state index in [2.05, 4.69) is 11.8 Å². The molecule has 0 bridgehead atoms. The Morgan fingerprint density at radius 2 is 1.79 bits per heavy atom. The van der Waals surface area contributed by atoms with Crippen molar-refractivity contribution in [2.75, 3.05) is 31.1 Å². The summed E-state index contributed by atoms with van der Waals surface area (Å²) in [6.45, 7) is 5.81. The molecule has 82 valence electrons. The molecule has 3 nitrogen and oxygen atoms in total. The fourth-order valence-electron chi connectivity index (χ4n) is 2.46. The Bertz CT molecular complexity index is 279. The standard InChI is InChI=1S/C10H19NO2S/c1-9-6-11(7-9)8-10-2-4-14(12,13)5-3-10/h9-10H,2-8H2,1H3. The molecular weight excluding hydrogens is 198 g/mol. The summed E-state index contributed by atoms with van der Waals surface area (Å²) in [5, 5.41) is 0. The van der Waals surface area contributed by atoms with Gasteiger partial charge in [0.1, 0.15) is 9.84 Å². The lowest BCUT2D eigenvalue weighted by atomic mass is 9.97. The van der Waals surface area contributed by atoms with Crippen molar-refractivity contribution < 1.29 is 8.42 Å². The molecule has 0 atom stereocenters. The third kappa shape index (κ3) is 2.48. The summed E-state index contributed by atoms with van der Waals surface area (Å²) in [6.07, 6.45) is 1.76. The van der Waals surface area contributed by atoms with Gasteiger partial charge in [0.2, 0.25) is 0 Å². The second-order valence-electron chi connectivity index (χ2n) is 4.92. The van der Waals surface area contributed by atoms with Gasteiger partial charge in [0.15, 0.2) is 0 Å². The maximum Gasteiger partial charge on any atom is 0.150 e. The lowest BCUT2D eigenvalue weighted by Gasteiger charge is -2.40. The molecule has 0 aromatic rings. The van der Waals surface area contributed by atoms with Crippen molar-refractivity contribution in [1.82, 2.24) is 4.90 Å². The maximum absolute atomic E-state index is 11.2. The molecule has 2 aliphatic rings. The lowest BCUT2D eigenvalue weighted by molar-refractivity contribution is 0.0899. The molecule has 2 aliphatic heterocycles.